The molecule has 3 N–H and O–H groups in total. The fraction of sp³-hybridized carbons (Fsp3) is 0.435. The number of hydrogen-bond acceptors (Lipinski definition) is 6. The van der Waals surface area contributed by atoms with Gasteiger partial charge in [0.15, 0.2) is 0 Å². The molecule has 0 aromatic heterocycles. The number of nitrogens with zero attached hydrogens (tertiary/aromatic N) is 1. The van der Waals surface area contributed by atoms with Crippen molar-refractivity contribution in [1.29, 1.82) is 0 Å². The van der Waals surface area contributed by atoms with E-state index in [1.165, 1.54) is 4.90 Å². The molecule has 0 saturated carbocycles. The summed E-state index contributed by atoms with van der Waals surface area (Å²) in [7, 11) is -1.57. The van der Waals surface area contributed by atoms with E-state index in [0.717, 1.165) is 34.5 Å². The molecule has 1 aliphatic rings. The lowest BCUT2D eigenvalue weighted by Crippen LogP contribution is -2.52. The van der Waals surface area contributed by atoms with Gasteiger partial charge >= 0.3 is 7.12 Å². The van der Waals surface area contributed by atoms with Crippen molar-refractivity contribution in [1.82, 2.24) is 10.2 Å². The Labute approximate surface area is 204 Å². The van der Waals surface area contributed by atoms with Crippen LogP contribution in [0, 0.1) is 0 Å². The van der Waals surface area contributed by atoms with Crippen LogP contribution in [0.5, 0.6) is 0 Å². The van der Waals surface area contributed by atoms with E-state index in [1.54, 1.807) is 19.2 Å². The highest BCUT2D eigenvalue weighted by Crippen LogP contribution is 2.28. The van der Waals surface area contributed by atoms with Crippen molar-refractivity contribution < 1.29 is 24.4 Å². The van der Waals surface area contributed by atoms with E-state index < -0.39 is 19.1 Å². The maximum absolute atomic E-state index is 13.0. The van der Waals surface area contributed by atoms with Crippen LogP contribution >= 0.6 is 24.4 Å². The van der Waals surface area contributed by atoms with Crippen LogP contribution in [0.4, 0.5) is 4.79 Å². The molecule has 178 valence electrons. The predicted octanol–water partition coefficient (Wildman–Crippen LogP) is 3.48. The van der Waals surface area contributed by atoms with Crippen molar-refractivity contribution in [3.63, 3.8) is 0 Å². The van der Waals surface area contributed by atoms with Crippen LogP contribution in [0.3, 0.4) is 0 Å². The van der Waals surface area contributed by atoms with Crippen LogP contribution < -0.4 is 5.32 Å². The summed E-state index contributed by atoms with van der Waals surface area (Å²) in [6, 6.07) is 10.8. The Kier molecular flexibility index (Phi) is 10.3. The minimum absolute atomic E-state index is 0.134. The topological polar surface area (TPSA) is 107 Å². The molecule has 0 bridgehead atoms. The molecule has 0 aliphatic carbocycles. The van der Waals surface area contributed by atoms with Gasteiger partial charge in [-0.2, -0.15) is 0 Å². The van der Waals surface area contributed by atoms with Gasteiger partial charge in [-0.3, -0.25) is 14.4 Å². The van der Waals surface area contributed by atoms with Crippen LogP contribution in [0.25, 0.3) is 10.8 Å². The normalized spacial score (nSPS) is 16.2. The van der Waals surface area contributed by atoms with Crippen LogP contribution in [0.2, 0.25) is 0 Å². The molecule has 2 aromatic carbocycles. The van der Waals surface area contributed by atoms with Crippen molar-refractivity contribution in [2.45, 2.75) is 51.5 Å². The lowest BCUT2D eigenvalue weighted by Gasteiger charge is -2.27. The van der Waals surface area contributed by atoms with Gasteiger partial charge in [-0.1, -0.05) is 68.6 Å². The van der Waals surface area contributed by atoms with Gasteiger partial charge in [0.05, 0.1) is 5.94 Å². The number of nitrogens with one attached hydrogen (secondary N) is 1. The molecule has 2 atom stereocenters. The van der Waals surface area contributed by atoms with Gasteiger partial charge in [0, 0.05) is 12.1 Å². The molecule has 2 unspecified atom stereocenters. The SMILES string of the molecule is CC(NC(=O)c1cccc2cccc(C(C)C)c12)C(=O)N1CCCC1B(O)O.CSC(=O)S. The van der Waals surface area contributed by atoms with Crippen molar-refractivity contribution in [3.8, 4) is 0 Å². The molecule has 1 saturated heterocycles. The number of carbonyl (C=O) groups excluding carboxylic acids is 3. The highest BCUT2D eigenvalue weighted by atomic mass is 32.2. The second-order valence-corrected chi connectivity index (χ2v) is 9.71. The van der Waals surface area contributed by atoms with Gasteiger partial charge in [-0.05, 0) is 54.3 Å². The number of amides is 2. The lowest BCUT2D eigenvalue weighted by molar-refractivity contribution is -0.132. The van der Waals surface area contributed by atoms with E-state index >= 15 is 0 Å². The molecule has 33 heavy (non-hydrogen) atoms. The second kappa shape index (κ2) is 12.5. The van der Waals surface area contributed by atoms with Gasteiger partial charge in [0.25, 0.3) is 5.91 Å². The zero-order valence-electron chi connectivity index (χ0n) is 19.3. The largest absolute Gasteiger partial charge is 0.475 e. The first-order chi connectivity index (χ1) is 15.6. The summed E-state index contributed by atoms with van der Waals surface area (Å²) in [5.74, 6) is -0.960. The minimum atomic E-state index is -1.57. The molecule has 0 radical (unpaired) electrons. The third kappa shape index (κ3) is 6.99. The monoisotopic (exact) mass is 490 g/mol. The van der Waals surface area contributed by atoms with Crippen molar-refractivity contribution in [2.24, 2.45) is 0 Å². The molecule has 10 heteroatoms. The number of hydrogen-bond donors (Lipinski definition) is 4. The molecule has 7 nitrogen and oxygen atoms in total. The van der Waals surface area contributed by atoms with Crippen LogP contribution in [-0.4, -0.2) is 63.1 Å². The average Bonchev–Trinajstić information content (AvgIpc) is 3.28. The van der Waals surface area contributed by atoms with Crippen molar-refractivity contribution in [2.75, 3.05) is 12.8 Å². The Balaban J connectivity index is 0.000000696. The van der Waals surface area contributed by atoms with Gasteiger partial charge in [-0.15, -0.1) is 0 Å². The van der Waals surface area contributed by atoms with E-state index in [9.17, 15) is 24.4 Å². The molecule has 0 spiro atoms. The summed E-state index contributed by atoms with van der Waals surface area (Å²) in [6.45, 7) is 6.27. The predicted molar refractivity (Wildman–Crippen MR) is 138 cm³/mol. The number of likely N-dealkylation sites (tertiary alicyclic amines) is 1. The van der Waals surface area contributed by atoms with Gasteiger partial charge in [0.1, 0.15) is 6.04 Å². The highest BCUT2D eigenvalue weighted by Gasteiger charge is 2.38. The number of fused-ring (bicyclic) bond motifs is 1. The zero-order valence-corrected chi connectivity index (χ0v) is 21.0. The number of thioether (sulfide) groups is 1. The minimum Gasteiger partial charge on any atom is -0.426 e. The second-order valence-electron chi connectivity index (χ2n) is 8.23. The first-order valence-electron chi connectivity index (χ1n) is 10.8. The first-order valence-corrected chi connectivity index (χ1v) is 12.5. The summed E-state index contributed by atoms with van der Waals surface area (Å²) in [4.78, 5) is 36.8. The van der Waals surface area contributed by atoms with E-state index in [1.807, 2.05) is 30.3 Å². The fourth-order valence-corrected chi connectivity index (χ4v) is 4.00. The third-order valence-electron chi connectivity index (χ3n) is 5.62. The Bertz CT molecular complexity index is 997. The summed E-state index contributed by atoms with van der Waals surface area (Å²) in [5.41, 5.74) is 1.63. The molecule has 1 fully saturated rings. The zero-order chi connectivity index (χ0) is 24.7. The number of benzene rings is 2. The van der Waals surface area contributed by atoms with E-state index in [-0.39, 0.29) is 22.2 Å². The lowest BCUT2D eigenvalue weighted by atomic mass is 9.78. The standard InChI is InChI=1S/C21H27BN2O4.C2H4OS2/c1-13(2)16-9-4-7-15-8-5-10-17(19(15)16)20(25)23-14(3)21(26)24-12-6-11-18(24)22(27)28;1-5-2(3)4/h4-5,7-10,13-14,18,27-28H,6,11-12H2,1-3H3,(H,23,25);1H3,(H,3,4). The molecular formula is C23H31BN2O5S2. The quantitative estimate of drug-likeness (QED) is 0.378. The van der Waals surface area contributed by atoms with Crippen LogP contribution in [-0.2, 0) is 4.79 Å². The molecule has 2 amide bonds. The number of carbonyl (C=O) groups is 3. The summed E-state index contributed by atoms with van der Waals surface area (Å²) >= 11 is 4.53. The highest BCUT2D eigenvalue weighted by molar-refractivity contribution is 8.31. The number of thiol groups is 1. The van der Waals surface area contributed by atoms with E-state index in [4.69, 9.17) is 0 Å². The fourth-order valence-electron chi connectivity index (χ4n) is 4.00. The van der Waals surface area contributed by atoms with Gasteiger partial charge < -0.3 is 20.3 Å². The molecule has 1 aliphatic heterocycles. The average molecular weight is 490 g/mol. The van der Waals surface area contributed by atoms with Crippen molar-refractivity contribution in [3.05, 3.63) is 47.5 Å². The molecular weight excluding hydrogens is 459 g/mol. The van der Waals surface area contributed by atoms with E-state index in [2.05, 4.69) is 31.8 Å². The van der Waals surface area contributed by atoms with Crippen molar-refractivity contribution >= 4 is 58.5 Å². The third-order valence-corrected chi connectivity index (χ3v) is 6.52. The Hall–Kier alpha value is -2.01. The van der Waals surface area contributed by atoms with Crippen LogP contribution in [0.15, 0.2) is 36.4 Å². The summed E-state index contributed by atoms with van der Waals surface area (Å²) < 4.78 is -0.134. The summed E-state index contributed by atoms with van der Waals surface area (Å²) in [6.07, 6.45) is 2.95. The van der Waals surface area contributed by atoms with E-state index in [0.29, 0.717) is 18.5 Å². The Morgan fingerprint density at radius 3 is 2.30 bits per heavy atom. The Morgan fingerprint density at radius 1 is 1.15 bits per heavy atom. The molecule has 3 rings (SSSR count). The maximum Gasteiger partial charge on any atom is 0.475 e. The summed E-state index contributed by atoms with van der Waals surface area (Å²) in [5, 5.41) is 23.7. The van der Waals surface area contributed by atoms with Crippen LogP contribution in [0.1, 0.15) is 55.5 Å². The number of rotatable bonds is 5. The maximum atomic E-state index is 13.0. The van der Waals surface area contributed by atoms with Gasteiger partial charge in [0.2, 0.25) is 10.4 Å². The molecule has 1 heterocycles. The van der Waals surface area contributed by atoms with Gasteiger partial charge in [-0.25, -0.2) is 0 Å². The Morgan fingerprint density at radius 2 is 1.76 bits per heavy atom. The first kappa shape index (κ1) is 27.2. The molecule has 2 aromatic rings. The smallest absolute Gasteiger partial charge is 0.426 e.